The maximum Gasteiger partial charge on any atom is 0.321 e. The maximum absolute atomic E-state index is 13.7. The Morgan fingerprint density at radius 2 is 1.81 bits per heavy atom. The molecule has 0 aromatic heterocycles. The number of urea groups is 1. The molecule has 0 unspecified atom stereocenters. The molecular formula is C19H20Cl2FN3O. The van der Waals surface area contributed by atoms with E-state index in [1.165, 1.54) is 6.07 Å². The lowest BCUT2D eigenvalue weighted by atomic mass is 10.1. The third-order valence-electron chi connectivity index (χ3n) is 4.49. The van der Waals surface area contributed by atoms with E-state index in [0.717, 1.165) is 25.2 Å². The Morgan fingerprint density at radius 3 is 2.50 bits per heavy atom. The molecule has 1 aliphatic heterocycles. The molecule has 0 atom stereocenters. The second-order valence-corrected chi connectivity index (χ2v) is 7.07. The summed E-state index contributed by atoms with van der Waals surface area (Å²) in [6.07, 6.45) is 0.666. The molecule has 0 saturated carbocycles. The van der Waals surface area contributed by atoms with Crippen LogP contribution in [0.5, 0.6) is 0 Å². The first-order valence-electron chi connectivity index (χ1n) is 8.49. The van der Waals surface area contributed by atoms with Gasteiger partial charge in [0.05, 0.1) is 10.7 Å². The lowest BCUT2D eigenvalue weighted by molar-refractivity contribution is 0.148. The Balaban J connectivity index is 1.47. The zero-order valence-corrected chi connectivity index (χ0v) is 15.7. The number of hydrogen-bond donors (Lipinski definition) is 1. The number of nitrogens with zero attached hydrogens (tertiary/aromatic N) is 2. The first kappa shape index (κ1) is 19.0. The minimum atomic E-state index is -0.178. The summed E-state index contributed by atoms with van der Waals surface area (Å²) >= 11 is 12.0. The van der Waals surface area contributed by atoms with Gasteiger partial charge in [0.2, 0.25) is 0 Å². The van der Waals surface area contributed by atoms with Gasteiger partial charge in [0.25, 0.3) is 0 Å². The summed E-state index contributed by atoms with van der Waals surface area (Å²) in [7, 11) is 0. The van der Waals surface area contributed by atoms with Gasteiger partial charge in [-0.05, 0) is 36.2 Å². The predicted octanol–water partition coefficient (Wildman–Crippen LogP) is 4.52. The molecule has 0 bridgehead atoms. The third-order valence-corrected chi connectivity index (χ3v) is 5.04. The van der Waals surface area contributed by atoms with Crippen molar-refractivity contribution in [2.45, 2.75) is 6.42 Å². The van der Waals surface area contributed by atoms with Crippen LogP contribution in [0.3, 0.4) is 0 Å². The second-order valence-electron chi connectivity index (χ2n) is 6.22. The van der Waals surface area contributed by atoms with Gasteiger partial charge in [0.1, 0.15) is 5.82 Å². The van der Waals surface area contributed by atoms with Crippen molar-refractivity contribution in [3.8, 4) is 0 Å². The van der Waals surface area contributed by atoms with Crippen molar-refractivity contribution in [1.29, 1.82) is 0 Å². The highest BCUT2D eigenvalue weighted by molar-refractivity contribution is 6.36. The summed E-state index contributed by atoms with van der Waals surface area (Å²) in [6.45, 7) is 3.54. The number of rotatable bonds is 4. The smallest absolute Gasteiger partial charge is 0.321 e. The van der Waals surface area contributed by atoms with Crippen LogP contribution in [0.2, 0.25) is 10.0 Å². The standard InChI is InChI=1S/C19H20Cl2FN3O/c20-15-5-6-18(16(21)13-15)23-19(26)25-11-9-24(10-12-25)8-7-14-3-1-2-4-17(14)22/h1-6,13H,7-12H2,(H,23,26). The summed E-state index contributed by atoms with van der Waals surface area (Å²) in [6, 6.07) is 11.6. The Labute approximate surface area is 162 Å². The van der Waals surface area contributed by atoms with E-state index in [-0.39, 0.29) is 11.8 Å². The molecule has 2 aromatic carbocycles. The molecular weight excluding hydrogens is 376 g/mol. The van der Waals surface area contributed by atoms with Gasteiger partial charge in [-0.1, -0.05) is 41.4 Å². The van der Waals surface area contributed by atoms with Crippen LogP contribution in [-0.4, -0.2) is 48.6 Å². The quantitative estimate of drug-likeness (QED) is 0.825. The van der Waals surface area contributed by atoms with Crippen LogP contribution in [0.4, 0.5) is 14.9 Å². The van der Waals surface area contributed by atoms with Crippen molar-refractivity contribution in [1.82, 2.24) is 9.80 Å². The van der Waals surface area contributed by atoms with Crippen molar-refractivity contribution >= 4 is 34.9 Å². The Hall–Kier alpha value is -1.82. The molecule has 0 aliphatic carbocycles. The summed E-state index contributed by atoms with van der Waals surface area (Å²) < 4.78 is 13.7. The fourth-order valence-corrected chi connectivity index (χ4v) is 3.40. The second kappa shape index (κ2) is 8.71. The minimum Gasteiger partial charge on any atom is -0.322 e. The van der Waals surface area contributed by atoms with Crippen LogP contribution in [0.25, 0.3) is 0 Å². The summed E-state index contributed by atoms with van der Waals surface area (Å²) in [5, 5.41) is 3.75. The summed E-state index contributed by atoms with van der Waals surface area (Å²) in [4.78, 5) is 16.4. The Bertz CT molecular complexity index is 779. The number of piperazine rings is 1. The number of hydrogen-bond acceptors (Lipinski definition) is 2. The molecule has 4 nitrogen and oxygen atoms in total. The molecule has 1 saturated heterocycles. The normalized spacial score (nSPS) is 15.1. The molecule has 1 aliphatic rings. The van der Waals surface area contributed by atoms with Gasteiger partial charge < -0.3 is 10.2 Å². The summed E-state index contributed by atoms with van der Waals surface area (Å²) in [5.74, 6) is -0.162. The highest BCUT2D eigenvalue weighted by atomic mass is 35.5. The van der Waals surface area contributed by atoms with Gasteiger partial charge in [0, 0.05) is 37.7 Å². The van der Waals surface area contributed by atoms with Crippen LogP contribution in [0.1, 0.15) is 5.56 Å². The average Bonchev–Trinajstić information content (AvgIpc) is 2.64. The first-order valence-corrected chi connectivity index (χ1v) is 9.25. The zero-order chi connectivity index (χ0) is 18.5. The van der Waals surface area contributed by atoms with Crippen molar-refractivity contribution in [2.75, 3.05) is 38.0 Å². The monoisotopic (exact) mass is 395 g/mol. The Kier molecular flexibility index (Phi) is 6.35. The number of amides is 2. The topological polar surface area (TPSA) is 35.6 Å². The van der Waals surface area contributed by atoms with Gasteiger partial charge in [0.15, 0.2) is 0 Å². The highest BCUT2D eigenvalue weighted by Gasteiger charge is 2.21. The van der Waals surface area contributed by atoms with Crippen LogP contribution in [0.15, 0.2) is 42.5 Å². The van der Waals surface area contributed by atoms with Crippen molar-refractivity contribution < 1.29 is 9.18 Å². The highest BCUT2D eigenvalue weighted by Crippen LogP contribution is 2.25. The predicted molar refractivity (Wildman–Crippen MR) is 104 cm³/mol. The SMILES string of the molecule is O=C(Nc1ccc(Cl)cc1Cl)N1CCN(CCc2ccccc2F)CC1. The fraction of sp³-hybridized carbons (Fsp3) is 0.316. The zero-order valence-electron chi connectivity index (χ0n) is 14.2. The molecule has 3 rings (SSSR count). The number of benzene rings is 2. The molecule has 26 heavy (non-hydrogen) atoms. The van der Waals surface area contributed by atoms with Crippen molar-refractivity contribution in [2.24, 2.45) is 0 Å². The molecule has 7 heteroatoms. The van der Waals surface area contributed by atoms with Crippen LogP contribution < -0.4 is 5.32 Å². The molecule has 0 radical (unpaired) electrons. The molecule has 138 valence electrons. The number of nitrogens with one attached hydrogen (secondary N) is 1. The fourth-order valence-electron chi connectivity index (χ4n) is 2.94. The van der Waals surface area contributed by atoms with Crippen LogP contribution >= 0.6 is 23.2 Å². The summed E-state index contributed by atoms with van der Waals surface area (Å²) in [5.41, 5.74) is 1.27. The lowest BCUT2D eigenvalue weighted by Crippen LogP contribution is -2.50. The van der Waals surface area contributed by atoms with E-state index in [4.69, 9.17) is 23.2 Å². The van der Waals surface area contributed by atoms with E-state index in [0.29, 0.717) is 35.2 Å². The molecule has 1 heterocycles. The van der Waals surface area contributed by atoms with Crippen LogP contribution in [0, 0.1) is 5.82 Å². The van der Waals surface area contributed by atoms with Gasteiger partial charge in [-0.2, -0.15) is 0 Å². The molecule has 2 amide bonds. The number of carbonyl (C=O) groups is 1. The van der Waals surface area contributed by atoms with E-state index in [1.807, 2.05) is 12.1 Å². The molecule has 1 N–H and O–H groups in total. The number of anilines is 1. The number of halogens is 3. The van der Waals surface area contributed by atoms with Gasteiger partial charge in [-0.25, -0.2) is 9.18 Å². The van der Waals surface area contributed by atoms with Gasteiger partial charge in [-0.15, -0.1) is 0 Å². The average molecular weight is 396 g/mol. The van der Waals surface area contributed by atoms with E-state index in [1.54, 1.807) is 29.2 Å². The van der Waals surface area contributed by atoms with E-state index in [9.17, 15) is 9.18 Å². The number of carbonyl (C=O) groups excluding carboxylic acids is 1. The van der Waals surface area contributed by atoms with E-state index >= 15 is 0 Å². The largest absolute Gasteiger partial charge is 0.322 e. The lowest BCUT2D eigenvalue weighted by Gasteiger charge is -2.34. The third kappa shape index (κ3) is 4.87. The molecule has 0 spiro atoms. The van der Waals surface area contributed by atoms with Gasteiger partial charge in [-0.3, -0.25) is 4.90 Å². The van der Waals surface area contributed by atoms with Crippen molar-refractivity contribution in [3.63, 3.8) is 0 Å². The van der Waals surface area contributed by atoms with E-state index in [2.05, 4.69) is 10.2 Å². The molecule has 1 fully saturated rings. The van der Waals surface area contributed by atoms with E-state index < -0.39 is 0 Å². The van der Waals surface area contributed by atoms with Crippen molar-refractivity contribution in [3.05, 3.63) is 63.9 Å². The first-order chi connectivity index (χ1) is 12.5. The molecule has 2 aromatic rings. The minimum absolute atomic E-state index is 0.162. The maximum atomic E-state index is 13.7. The van der Waals surface area contributed by atoms with Crippen LogP contribution in [-0.2, 0) is 6.42 Å². The Morgan fingerprint density at radius 1 is 1.08 bits per heavy atom. The van der Waals surface area contributed by atoms with Gasteiger partial charge >= 0.3 is 6.03 Å².